The Balaban J connectivity index is 1.82. The van der Waals surface area contributed by atoms with Crippen LogP contribution in [0.4, 0.5) is 0 Å². The van der Waals surface area contributed by atoms with Gasteiger partial charge < -0.3 is 9.84 Å². The van der Waals surface area contributed by atoms with Gasteiger partial charge in [-0.3, -0.25) is 9.88 Å². The van der Waals surface area contributed by atoms with Crippen molar-refractivity contribution < 1.29 is 9.84 Å². The Morgan fingerprint density at radius 1 is 1.62 bits per heavy atom. The SMILES string of the molecule is CN1CC(CO)C[C@H]1COc1cccnc1. The van der Waals surface area contributed by atoms with Crippen molar-refractivity contribution >= 4 is 0 Å². The van der Waals surface area contributed by atoms with E-state index in [9.17, 15) is 0 Å². The standard InChI is InChI=1S/C12H18N2O2/c1-14-7-10(8-15)5-11(14)9-16-12-3-2-4-13-6-12/h2-4,6,10-11,15H,5,7-9H2,1H3/t10?,11-/m0/s1. The molecule has 1 aromatic heterocycles. The molecule has 1 aliphatic heterocycles. The Hall–Kier alpha value is -1.13. The topological polar surface area (TPSA) is 45.6 Å². The second-order valence-corrected chi connectivity index (χ2v) is 4.38. The summed E-state index contributed by atoms with van der Waals surface area (Å²) in [6, 6.07) is 4.17. The first kappa shape index (κ1) is 11.4. The van der Waals surface area contributed by atoms with Crippen LogP contribution in [0.5, 0.6) is 5.75 Å². The van der Waals surface area contributed by atoms with Gasteiger partial charge in [0.2, 0.25) is 0 Å². The van der Waals surface area contributed by atoms with Crippen LogP contribution in [0.15, 0.2) is 24.5 Å². The third kappa shape index (κ3) is 2.71. The molecule has 0 saturated carbocycles. The van der Waals surface area contributed by atoms with Gasteiger partial charge in [0.15, 0.2) is 0 Å². The molecule has 0 radical (unpaired) electrons. The van der Waals surface area contributed by atoms with Crippen LogP contribution in [0.3, 0.4) is 0 Å². The number of pyridine rings is 1. The lowest BCUT2D eigenvalue weighted by Gasteiger charge is -2.19. The minimum Gasteiger partial charge on any atom is -0.490 e. The smallest absolute Gasteiger partial charge is 0.137 e. The van der Waals surface area contributed by atoms with Gasteiger partial charge in [0, 0.05) is 25.4 Å². The summed E-state index contributed by atoms with van der Waals surface area (Å²) in [6.07, 6.45) is 4.46. The van der Waals surface area contributed by atoms with Gasteiger partial charge in [0.05, 0.1) is 6.20 Å². The first-order valence-corrected chi connectivity index (χ1v) is 5.63. The van der Waals surface area contributed by atoms with Crippen LogP contribution < -0.4 is 4.74 Å². The largest absolute Gasteiger partial charge is 0.490 e. The second-order valence-electron chi connectivity index (χ2n) is 4.38. The molecule has 0 spiro atoms. The number of hydrogen-bond donors (Lipinski definition) is 1. The minimum atomic E-state index is 0.272. The molecule has 1 aromatic rings. The van der Waals surface area contributed by atoms with E-state index in [2.05, 4.69) is 16.9 Å². The lowest BCUT2D eigenvalue weighted by molar-refractivity contribution is 0.197. The van der Waals surface area contributed by atoms with E-state index in [4.69, 9.17) is 9.84 Å². The van der Waals surface area contributed by atoms with Crippen molar-refractivity contribution in [1.82, 2.24) is 9.88 Å². The zero-order chi connectivity index (χ0) is 11.4. The summed E-state index contributed by atoms with van der Waals surface area (Å²) in [5.74, 6) is 1.20. The van der Waals surface area contributed by atoms with Crippen LogP contribution in [-0.2, 0) is 0 Å². The average Bonchev–Trinajstić information content (AvgIpc) is 2.69. The zero-order valence-electron chi connectivity index (χ0n) is 9.54. The van der Waals surface area contributed by atoms with E-state index in [1.807, 2.05) is 12.1 Å². The number of nitrogens with zero attached hydrogens (tertiary/aromatic N) is 2. The number of likely N-dealkylation sites (tertiary alicyclic amines) is 1. The molecular weight excluding hydrogens is 204 g/mol. The van der Waals surface area contributed by atoms with E-state index in [1.54, 1.807) is 12.4 Å². The van der Waals surface area contributed by atoms with Gasteiger partial charge >= 0.3 is 0 Å². The number of aromatic nitrogens is 1. The van der Waals surface area contributed by atoms with Gasteiger partial charge in [-0.2, -0.15) is 0 Å². The van der Waals surface area contributed by atoms with Crippen molar-refractivity contribution in [3.8, 4) is 5.75 Å². The van der Waals surface area contributed by atoms with E-state index in [0.29, 0.717) is 18.6 Å². The number of ether oxygens (including phenoxy) is 1. The maximum Gasteiger partial charge on any atom is 0.137 e. The minimum absolute atomic E-state index is 0.272. The molecule has 2 atom stereocenters. The Kier molecular flexibility index (Phi) is 3.74. The van der Waals surface area contributed by atoms with Crippen molar-refractivity contribution in [2.75, 3.05) is 26.8 Å². The summed E-state index contributed by atoms with van der Waals surface area (Å²) >= 11 is 0. The predicted octanol–water partition coefficient (Wildman–Crippen LogP) is 0.773. The monoisotopic (exact) mass is 222 g/mol. The number of rotatable bonds is 4. The molecule has 1 aliphatic rings. The second kappa shape index (κ2) is 5.27. The molecular formula is C12H18N2O2. The Morgan fingerprint density at radius 2 is 2.50 bits per heavy atom. The molecule has 4 nitrogen and oxygen atoms in total. The van der Waals surface area contributed by atoms with Crippen molar-refractivity contribution in [3.63, 3.8) is 0 Å². The molecule has 1 saturated heterocycles. The molecule has 0 bridgehead atoms. The van der Waals surface area contributed by atoms with Crippen molar-refractivity contribution in [1.29, 1.82) is 0 Å². The first-order chi connectivity index (χ1) is 7.79. The van der Waals surface area contributed by atoms with Crippen LogP contribution in [-0.4, -0.2) is 47.8 Å². The molecule has 4 heteroatoms. The van der Waals surface area contributed by atoms with Gasteiger partial charge in [-0.25, -0.2) is 0 Å². The fraction of sp³-hybridized carbons (Fsp3) is 0.583. The van der Waals surface area contributed by atoms with Crippen LogP contribution in [0.25, 0.3) is 0 Å². The molecule has 1 fully saturated rings. The van der Waals surface area contributed by atoms with Gasteiger partial charge in [-0.05, 0) is 31.5 Å². The molecule has 2 rings (SSSR count). The van der Waals surface area contributed by atoms with Gasteiger partial charge in [0.25, 0.3) is 0 Å². The summed E-state index contributed by atoms with van der Waals surface area (Å²) in [5, 5.41) is 9.11. The van der Waals surface area contributed by atoms with Gasteiger partial charge in [-0.1, -0.05) is 0 Å². The maximum atomic E-state index is 9.11. The molecule has 16 heavy (non-hydrogen) atoms. The van der Waals surface area contributed by atoms with Gasteiger partial charge in [-0.15, -0.1) is 0 Å². The number of likely N-dealkylation sites (N-methyl/N-ethyl adjacent to an activating group) is 1. The maximum absolute atomic E-state index is 9.11. The number of aliphatic hydroxyl groups excluding tert-OH is 1. The number of hydrogen-bond acceptors (Lipinski definition) is 4. The van der Waals surface area contributed by atoms with E-state index < -0.39 is 0 Å². The van der Waals surface area contributed by atoms with Crippen molar-refractivity contribution in [3.05, 3.63) is 24.5 Å². The highest BCUT2D eigenvalue weighted by Gasteiger charge is 2.29. The third-order valence-electron chi connectivity index (χ3n) is 3.11. The quantitative estimate of drug-likeness (QED) is 0.817. The average molecular weight is 222 g/mol. The highest BCUT2D eigenvalue weighted by atomic mass is 16.5. The lowest BCUT2D eigenvalue weighted by Crippen LogP contribution is -2.30. The highest BCUT2D eigenvalue weighted by Crippen LogP contribution is 2.21. The van der Waals surface area contributed by atoms with E-state index in [1.165, 1.54) is 0 Å². The molecule has 1 unspecified atom stereocenters. The lowest BCUT2D eigenvalue weighted by atomic mass is 10.1. The normalized spacial score (nSPS) is 25.9. The highest BCUT2D eigenvalue weighted by molar-refractivity contribution is 5.15. The Bertz CT molecular complexity index is 318. The summed E-state index contributed by atoms with van der Waals surface area (Å²) in [7, 11) is 2.08. The van der Waals surface area contributed by atoms with Crippen LogP contribution >= 0.6 is 0 Å². The van der Waals surface area contributed by atoms with Crippen LogP contribution in [0.2, 0.25) is 0 Å². The Labute approximate surface area is 95.9 Å². The summed E-state index contributed by atoms with van der Waals surface area (Å²) in [6.45, 7) is 1.89. The van der Waals surface area contributed by atoms with E-state index in [-0.39, 0.29) is 6.61 Å². The van der Waals surface area contributed by atoms with Crippen molar-refractivity contribution in [2.45, 2.75) is 12.5 Å². The van der Waals surface area contributed by atoms with Crippen LogP contribution in [0, 0.1) is 5.92 Å². The molecule has 2 heterocycles. The molecule has 0 aromatic carbocycles. The Morgan fingerprint density at radius 3 is 3.12 bits per heavy atom. The predicted molar refractivity (Wildman–Crippen MR) is 61.3 cm³/mol. The summed E-state index contributed by atoms with van der Waals surface area (Å²) in [4.78, 5) is 6.25. The first-order valence-electron chi connectivity index (χ1n) is 5.63. The molecule has 0 amide bonds. The molecule has 88 valence electrons. The summed E-state index contributed by atoms with van der Waals surface area (Å²) < 4.78 is 5.67. The van der Waals surface area contributed by atoms with E-state index >= 15 is 0 Å². The third-order valence-corrected chi connectivity index (χ3v) is 3.11. The van der Waals surface area contributed by atoms with Gasteiger partial charge in [0.1, 0.15) is 12.4 Å². The van der Waals surface area contributed by atoms with E-state index in [0.717, 1.165) is 18.7 Å². The molecule has 1 N–H and O–H groups in total. The number of aliphatic hydroxyl groups is 1. The fourth-order valence-electron chi connectivity index (χ4n) is 2.15. The van der Waals surface area contributed by atoms with Crippen LogP contribution in [0.1, 0.15) is 6.42 Å². The zero-order valence-corrected chi connectivity index (χ0v) is 9.54. The van der Waals surface area contributed by atoms with Crippen molar-refractivity contribution in [2.24, 2.45) is 5.92 Å². The fourth-order valence-corrected chi connectivity index (χ4v) is 2.15. The summed E-state index contributed by atoms with van der Waals surface area (Å²) in [5.41, 5.74) is 0. The molecule has 0 aliphatic carbocycles.